The number of carbonyl (C=O) groups excluding carboxylic acids is 1. The molecule has 2 aromatic carbocycles. The van der Waals surface area contributed by atoms with E-state index < -0.39 is 11.9 Å². The average molecular weight is 295 g/mol. The molecule has 1 heterocycles. The van der Waals surface area contributed by atoms with Crippen LogP contribution in [0.5, 0.6) is 0 Å². The van der Waals surface area contributed by atoms with Gasteiger partial charge in [0.25, 0.3) is 0 Å². The molecule has 0 saturated heterocycles. The molecule has 22 heavy (non-hydrogen) atoms. The summed E-state index contributed by atoms with van der Waals surface area (Å²) in [5, 5.41) is 12.7. The van der Waals surface area contributed by atoms with Gasteiger partial charge in [0.15, 0.2) is 0 Å². The van der Waals surface area contributed by atoms with Crippen LogP contribution in [0.4, 0.5) is 9.18 Å². The van der Waals surface area contributed by atoms with E-state index in [0.717, 1.165) is 5.56 Å². The molecule has 1 amide bonds. The highest BCUT2D eigenvalue weighted by molar-refractivity contribution is 6.03. The third-order valence-electron chi connectivity index (χ3n) is 3.25. The Bertz CT molecular complexity index is 807. The fourth-order valence-corrected chi connectivity index (χ4v) is 2.12. The van der Waals surface area contributed by atoms with Gasteiger partial charge in [-0.15, -0.1) is 0 Å². The Kier molecular flexibility index (Phi) is 3.54. The number of carbonyl (C=O) groups is 1. The molecule has 0 unspecified atom stereocenters. The second-order valence-corrected chi connectivity index (χ2v) is 4.63. The van der Waals surface area contributed by atoms with Gasteiger partial charge in [0.1, 0.15) is 18.1 Å². The van der Waals surface area contributed by atoms with Gasteiger partial charge in [0, 0.05) is 11.1 Å². The molecule has 2 aromatic rings. The second kappa shape index (κ2) is 5.66. The number of hydrazone groups is 1. The first kappa shape index (κ1) is 13.8. The van der Waals surface area contributed by atoms with Gasteiger partial charge < -0.3 is 4.74 Å². The molecule has 1 N–H and O–H groups in total. The lowest BCUT2D eigenvalue weighted by Gasteiger charge is -2.13. The molecule has 0 saturated carbocycles. The monoisotopic (exact) mass is 295 g/mol. The van der Waals surface area contributed by atoms with Crippen LogP contribution in [0.15, 0.2) is 47.6 Å². The van der Waals surface area contributed by atoms with Crippen LogP contribution in [0.3, 0.4) is 0 Å². The highest BCUT2D eigenvalue weighted by Gasteiger charge is 2.14. The standard InChI is InChI=1S/C16H10FN3O2/c17-14-7-10(8-18)1-6-13(14)11-2-4-12(5-3-11)15-9-22-16(21)20-19-15/h1-7H,9H2,(H,20,21). The summed E-state index contributed by atoms with van der Waals surface area (Å²) in [5.74, 6) is -0.447. The van der Waals surface area contributed by atoms with Crippen LogP contribution < -0.4 is 5.43 Å². The number of rotatable bonds is 2. The van der Waals surface area contributed by atoms with Crippen molar-refractivity contribution in [2.75, 3.05) is 6.61 Å². The molecule has 0 aromatic heterocycles. The molecule has 0 bridgehead atoms. The Labute approximate surface area is 125 Å². The van der Waals surface area contributed by atoms with Crippen LogP contribution in [0, 0.1) is 17.1 Å². The number of nitrogens with zero attached hydrogens (tertiary/aromatic N) is 2. The van der Waals surface area contributed by atoms with Gasteiger partial charge in [-0.1, -0.05) is 30.3 Å². The van der Waals surface area contributed by atoms with E-state index in [4.69, 9.17) is 10.00 Å². The predicted octanol–water partition coefficient (Wildman–Crippen LogP) is 2.81. The summed E-state index contributed by atoms with van der Waals surface area (Å²) in [6.07, 6.45) is -0.583. The number of nitriles is 1. The predicted molar refractivity (Wildman–Crippen MR) is 77.6 cm³/mol. The third kappa shape index (κ3) is 2.65. The zero-order valence-electron chi connectivity index (χ0n) is 11.3. The lowest BCUT2D eigenvalue weighted by atomic mass is 10.0. The zero-order chi connectivity index (χ0) is 15.5. The number of amides is 1. The number of ether oxygens (including phenoxy) is 1. The topological polar surface area (TPSA) is 74.5 Å². The minimum absolute atomic E-state index is 0.0937. The van der Waals surface area contributed by atoms with Crippen molar-refractivity contribution in [3.8, 4) is 17.2 Å². The number of cyclic esters (lactones) is 1. The molecule has 0 radical (unpaired) electrons. The van der Waals surface area contributed by atoms with Crippen LogP contribution in [-0.4, -0.2) is 18.4 Å². The van der Waals surface area contributed by atoms with Gasteiger partial charge >= 0.3 is 6.09 Å². The Balaban J connectivity index is 1.89. The Morgan fingerprint density at radius 1 is 1.18 bits per heavy atom. The first-order valence-electron chi connectivity index (χ1n) is 6.47. The third-order valence-corrected chi connectivity index (χ3v) is 3.25. The average Bonchev–Trinajstić information content (AvgIpc) is 2.56. The van der Waals surface area contributed by atoms with E-state index in [1.54, 1.807) is 36.4 Å². The summed E-state index contributed by atoms with van der Waals surface area (Å²) in [6.45, 7) is 0.0937. The van der Waals surface area contributed by atoms with Crippen LogP contribution in [0.25, 0.3) is 11.1 Å². The molecule has 108 valence electrons. The van der Waals surface area contributed by atoms with Crippen molar-refractivity contribution < 1.29 is 13.9 Å². The molecular weight excluding hydrogens is 285 g/mol. The van der Waals surface area contributed by atoms with Gasteiger partial charge in [0.05, 0.1) is 11.6 Å². The van der Waals surface area contributed by atoms with E-state index in [1.807, 2.05) is 6.07 Å². The van der Waals surface area contributed by atoms with Gasteiger partial charge in [-0.25, -0.2) is 14.6 Å². The van der Waals surface area contributed by atoms with Crippen molar-refractivity contribution in [1.82, 2.24) is 5.43 Å². The minimum Gasteiger partial charge on any atom is -0.442 e. The molecular formula is C16H10FN3O2. The number of hydrogen-bond donors (Lipinski definition) is 1. The maximum atomic E-state index is 14.0. The van der Waals surface area contributed by atoms with Crippen molar-refractivity contribution in [3.05, 3.63) is 59.4 Å². The molecule has 5 nitrogen and oxygen atoms in total. The summed E-state index contributed by atoms with van der Waals surface area (Å²) in [4.78, 5) is 10.9. The second-order valence-electron chi connectivity index (χ2n) is 4.63. The summed E-state index contributed by atoms with van der Waals surface area (Å²) in [5.41, 5.74) is 4.98. The maximum Gasteiger partial charge on any atom is 0.428 e. The maximum absolute atomic E-state index is 14.0. The summed E-state index contributed by atoms with van der Waals surface area (Å²) in [6, 6.07) is 13.3. The molecule has 3 rings (SSSR count). The van der Waals surface area contributed by atoms with Crippen LogP contribution >= 0.6 is 0 Å². The summed E-state index contributed by atoms with van der Waals surface area (Å²) < 4.78 is 18.8. The smallest absolute Gasteiger partial charge is 0.428 e. The zero-order valence-corrected chi connectivity index (χ0v) is 11.3. The largest absolute Gasteiger partial charge is 0.442 e. The van der Waals surface area contributed by atoms with Crippen molar-refractivity contribution in [3.63, 3.8) is 0 Å². The van der Waals surface area contributed by atoms with E-state index >= 15 is 0 Å². The van der Waals surface area contributed by atoms with Crippen LogP contribution in [0.1, 0.15) is 11.1 Å². The Morgan fingerprint density at radius 3 is 2.50 bits per heavy atom. The van der Waals surface area contributed by atoms with E-state index in [0.29, 0.717) is 16.8 Å². The first-order valence-corrected chi connectivity index (χ1v) is 6.47. The number of hydrogen-bond acceptors (Lipinski definition) is 4. The van der Waals surface area contributed by atoms with Gasteiger partial charge in [-0.2, -0.15) is 10.4 Å². The van der Waals surface area contributed by atoms with Crippen LogP contribution in [0.2, 0.25) is 0 Å². The van der Waals surface area contributed by atoms with E-state index in [2.05, 4.69) is 10.5 Å². The van der Waals surface area contributed by atoms with E-state index in [1.165, 1.54) is 6.07 Å². The first-order chi connectivity index (χ1) is 10.7. The lowest BCUT2D eigenvalue weighted by molar-refractivity contribution is 0.157. The van der Waals surface area contributed by atoms with Gasteiger partial charge in [-0.05, 0) is 17.7 Å². The highest BCUT2D eigenvalue weighted by atomic mass is 19.1. The SMILES string of the molecule is N#Cc1ccc(-c2ccc(C3=NNC(=O)OC3)cc2)c(F)c1. The van der Waals surface area contributed by atoms with Crippen molar-refractivity contribution >= 4 is 11.8 Å². The van der Waals surface area contributed by atoms with E-state index in [9.17, 15) is 9.18 Å². The van der Waals surface area contributed by atoms with E-state index in [-0.39, 0.29) is 12.2 Å². The molecule has 6 heteroatoms. The lowest BCUT2D eigenvalue weighted by Crippen LogP contribution is -2.30. The Morgan fingerprint density at radius 2 is 1.91 bits per heavy atom. The number of nitrogens with one attached hydrogen (secondary N) is 1. The minimum atomic E-state index is -0.583. The molecule has 0 spiro atoms. The van der Waals surface area contributed by atoms with Crippen LogP contribution in [-0.2, 0) is 4.74 Å². The number of benzene rings is 2. The molecule has 0 fully saturated rings. The fraction of sp³-hybridized carbons (Fsp3) is 0.0625. The van der Waals surface area contributed by atoms with Crippen molar-refractivity contribution in [1.29, 1.82) is 5.26 Å². The van der Waals surface area contributed by atoms with Gasteiger partial charge in [-0.3, -0.25) is 0 Å². The Hall–Kier alpha value is -3.20. The summed E-state index contributed by atoms with van der Waals surface area (Å²) in [7, 11) is 0. The normalized spacial score (nSPS) is 13.6. The fourth-order valence-electron chi connectivity index (χ4n) is 2.12. The van der Waals surface area contributed by atoms with Crippen molar-refractivity contribution in [2.45, 2.75) is 0 Å². The quantitative estimate of drug-likeness (QED) is 0.925. The number of halogens is 1. The van der Waals surface area contributed by atoms with Crippen molar-refractivity contribution in [2.24, 2.45) is 5.10 Å². The molecule has 0 aliphatic carbocycles. The van der Waals surface area contributed by atoms with Gasteiger partial charge in [0.2, 0.25) is 0 Å². The molecule has 1 aliphatic rings. The molecule has 1 aliphatic heterocycles. The molecule has 0 atom stereocenters. The highest BCUT2D eigenvalue weighted by Crippen LogP contribution is 2.24. The summed E-state index contributed by atoms with van der Waals surface area (Å²) >= 11 is 0.